The molecule has 3 aliphatic rings. The van der Waals surface area contributed by atoms with E-state index in [0.717, 1.165) is 43.9 Å². The third-order valence-corrected chi connectivity index (χ3v) is 5.39. The van der Waals surface area contributed by atoms with Gasteiger partial charge >= 0.3 is 0 Å². The van der Waals surface area contributed by atoms with Crippen LogP contribution >= 0.6 is 0 Å². The van der Waals surface area contributed by atoms with Crippen LogP contribution in [0.15, 0.2) is 12.3 Å². The Morgan fingerprint density at radius 2 is 2.26 bits per heavy atom. The Hall–Kier alpha value is -1.44. The second kappa shape index (κ2) is 6.59. The number of aromatic nitrogens is 2. The van der Waals surface area contributed by atoms with Crippen LogP contribution in [-0.2, 0) is 0 Å². The fraction of sp³-hybridized carbons (Fsp3) is 0.750. The van der Waals surface area contributed by atoms with Crippen molar-refractivity contribution in [2.24, 2.45) is 5.92 Å². The molecule has 1 aromatic heterocycles. The monoisotopic (exact) mass is 317 g/mol. The summed E-state index contributed by atoms with van der Waals surface area (Å²) in [5.41, 5.74) is 6.67. The zero-order valence-electron chi connectivity index (χ0n) is 13.8. The first-order valence-electron chi connectivity index (χ1n) is 8.85. The quantitative estimate of drug-likeness (QED) is 0.640. The van der Waals surface area contributed by atoms with Crippen molar-refractivity contribution in [1.82, 2.24) is 26.1 Å². The Labute approximate surface area is 137 Å². The second-order valence-electron chi connectivity index (χ2n) is 7.03. The average molecular weight is 317 g/mol. The van der Waals surface area contributed by atoms with Gasteiger partial charge in [0.05, 0.1) is 0 Å². The summed E-state index contributed by atoms with van der Waals surface area (Å²) < 4.78 is 0. The van der Waals surface area contributed by atoms with Gasteiger partial charge in [0, 0.05) is 50.5 Å². The van der Waals surface area contributed by atoms with Crippen LogP contribution in [0, 0.1) is 5.92 Å². The van der Waals surface area contributed by atoms with E-state index in [1.54, 1.807) is 0 Å². The number of rotatable bonds is 3. The topological polar surface area (TPSA) is 77.1 Å². The first kappa shape index (κ1) is 15.1. The number of nitrogens with one attached hydrogen (secondary N) is 4. The average Bonchev–Trinajstić information content (AvgIpc) is 3.03. The fourth-order valence-electron chi connectivity index (χ4n) is 4.05. The van der Waals surface area contributed by atoms with E-state index in [1.165, 1.54) is 19.3 Å². The summed E-state index contributed by atoms with van der Waals surface area (Å²) in [6.07, 6.45) is 5.50. The van der Waals surface area contributed by atoms with Crippen LogP contribution in [0.5, 0.6) is 0 Å². The minimum atomic E-state index is 0.435. The molecule has 3 fully saturated rings. The Kier molecular flexibility index (Phi) is 4.33. The fourth-order valence-corrected chi connectivity index (χ4v) is 4.05. The molecule has 7 heteroatoms. The summed E-state index contributed by atoms with van der Waals surface area (Å²) in [5, 5.41) is 7.05. The largest absolute Gasteiger partial charge is 0.367 e. The maximum atomic E-state index is 4.77. The molecule has 0 aromatic carbocycles. The van der Waals surface area contributed by atoms with E-state index in [9.17, 15) is 0 Å². The van der Waals surface area contributed by atoms with E-state index in [4.69, 9.17) is 4.98 Å². The molecular weight excluding hydrogens is 290 g/mol. The number of fused-ring (bicyclic) bond motifs is 1. The number of hydrazine groups is 1. The third-order valence-electron chi connectivity index (χ3n) is 5.39. The molecule has 2 saturated heterocycles. The molecular formula is C16H27N7. The van der Waals surface area contributed by atoms with E-state index in [0.29, 0.717) is 18.1 Å². The van der Waals surface area contributed by atoms with Gasteiger partial charge in [-0.05, 0) is 38.2 Å². The molecule has 1 aliphatic carbocycles. The van der Waals surface area contributed by atoms with Gasteiger partial charge in [0.2, 0.25) is 5.95 Å². The van der Waals surface area contributed by atoms with E-state index in [2.05, 4.69) is 38.3 Å². The van der Waals surface area contributed by atoms with Crippen LogP contribution < -0.4 is 26.4 Å². The van der Waals surface area contributed by atoms with Gasteiger partial charge in [0.25, 0.3) is 0 Å². The summed E-state index contributed by atoms with van der Waals surface area (Å²) in [7, 11) is 0. The van der Waals surface area contributed by atoms with Gasteiger partial charge in [-0.2, -0.15) is 4.98 Å². The van der Waals surface area contributed by atoms with Gasteiger partial charge in [-0.15, -0.1) is 0 Å². The van der Waals surface area contributed by atoms with Crippen molar-refractivity contribution >= 4 is 11.8 Å². The maximum absolute atomic E-state index is 4.77. The summed E-state index contributed by atoms with van der Waals surface area (Å²) in [4.78, 5) is 11.6. The van der Waals surface area contributed by atoms with Crippen LogP contribution in [0.3, 0.4) is 0 Å². The zero-order valence-corrected chi connectivity index (χ0v) is 13.8. The number of hydrogen-bond donors (Lipinski definition) is 4. The first-order valence-corrected chi connectivity index (χ1v) is 8.85. The summed E-state index contributed by atoms with van der Waals surface area (Å²) in [5.74, 6) is 2.54. The predicted octanol–water partition coefficient (Wildman–Crippen LogP) is 0.332. The molecule has 1 aromatic rings. The smallest absolute Gasteiger partial charge is 0.227 e. The van der Waals surface area contributed by atoms with E-state index < -0.39 is 0 Å². The van der Waals surface area contributed by atoms with Gasteiger partial charge in [0.15, 0.2) is 0 Å². The highest BCUT2D eigenvalue weighted by atomic mass is 15.4. The Morgan fingerprint density at radius 3 is 3.17 bits per heavy atom. The Balaban J connectivity index is 1.42. The van der Waals surface area contributed by atoms with Crippen molar-refractivity contribution in [2.75, 3.05) is 36.4 Å². The molecule has 23 heavy (non-hydrogen) atoms. The summed E-state index contributed by atoms with van der Waals surface area (Å²) in [6.45, 7) is 6.26. The summed E-state index contributed by atoms with van der Waals surface area (Å²) >= 11 is 0. The molecule has 0 amide bonds. The van der Waals surface area contributed by atoms with Gasteiger partial charge in [0.1, 0.15) is 5.82 Å². The molecule has 0 bridgehead atoms. The highest BCUT2D eigenvalue weighted by Gasteiger charge is 2.33. The SMILES string of the molecule is CC1CNCCN1c1nccc(NC2CCC3NNCC3C2)n1. The molecule has 3 heterocycles. The number of anilines is 2. The van der Waals surface area contributed by atoms with E-state index in [-0.39, 0.29) is 0 Å². The van der Waals surface area contributed by atoms with Crippen molar-refractivity contribution in [2.45, 2.75) is 44.3 Å². The minimum Gasteiger partial charge on any atom is -0.367 e. The number of piperazine rings is 1. The van der Waals surface area contributed by atoms with Crippen LogP contribution in [-0.4, -0.2) is 54.3 Å². The van der Waals surface area contributed by atoms with Gasteiger partial charge < -0.3 is 15.5 Å². The third kappa shape index (κ3) is 3.27. The highest BCUT2D eigenvalue weighted by Crippen LogP contribution is 2.28. The van der Waals surface area contributed by atoms with E-state index >= 15 is 0 Å². The molecule has 4 N–H and O–H groups in total. The lowest BCUT2D eigenvalue weighted by Gasteiger charge is -2.34. The molecule has 0 spiro atoms. The van der Waals surface area contributed by atoms with Gasteiger partial charge in [-0.25, -0.2) is 4.98 Å². The molecule has 2 aliphatic heterocycles. The van der Waals surface area contributed by atoms with Gasteiger partial charge in [-0.3, -0.25) is 10.9 Å². The second-order valence-corrected chi connectivity index (χ2v) is 7.03. The van der Waals surface area contributed by atoms with Gasteiger partial charge in [-0.1, -0.05) is 0 Å². The van der Waals surface area contributed by atoms with Crippen molar-refractivity contribution < 1.29 is 0 Å². The van der Waals surface area contributed by atoms with E-state index in [1.807, 2.05) is 12.3 Å². The predicted molar refractivity (Wildman–Crippen MR) is 91.4 cm³/mol. The lowest BCUT2D eigenvalue weighted by atomic mass is 9.83. The standard InChI is InChI=1S/C16H27N7/c1-11-9-17-6-7-23(11)16-18-5-4-15(21-16)20-13-2-3-14-12(8-13)10-19-22-14/h4-5,11-14,17,19,22H,2-3,6-10H2,1H3,(H,18,20,21). The molecule has 0 radical (unpaired) electrons. The number of hydrogen-bond acceptors (Lipinski definition) is 7. The first-order chi connectivity index (χ1) is 11.3. The Morgan fingerprint density at radius 1 is 1.30 bits per heavy atom. The lowest BCUT2D eigenvalue weighted by molar-refractivity contribution is 0.314. The number of nitrogens with zero attached hydrogens (tertiary/aromatic N) is 3. The van der Waals surface area contributed by atoms with Crippen LogP contribution in [0.4, 0.5) is 11.8 Å². The van der Waals surface area contributed by atoms with Crippen molar-refractivity contribution in [1.29, 1.82) is 0 Å². The van der Waals surface area contributed by atoms with Crippen LogP contribution in [0.2, 0.25) is 0 Å². The molecule has 4 unspecified atom stereocenters. The molecule has 4 atom stereocenters. The van der Waals surface area contributed by atoms with Crippen molar-refractivity contribution in [3.05, 3.63) is 12.3 Å². The minimum absolute atomic E-state index is 0.435. The summed E-state index contributed by atoms with van der Waals surface area (Å²) in [6, 6.07) is 3.59. The normalized spacial score (nSPS) is 34.2. The van der Waals surface area contributed by atoms with Crippen molar-refractivity contribution in [3.8, 4) is 0 Å². The zero-order chi connectivity index (χ0) is 15.6. The molecule has 126 valence electrons. The van der Waals surface area contributed by atoms with Crippen molar-refractivity contribution in [3.63, 3.8) is 0 Å². The maximum Gasteiger partial charge on any atom is 0.227 e. The Bertz CT molecular complexity index is 537. The van der Waals surface area contributed by atoms with Crippen LogP contribution in [0.1, 0.15) is 26.2 Å². The molecule has 7 nitrogen and oxygen atoms in total. The molecule has 1 saturated carbocycles. The van der Waals surface area contributed by atoms with Crippen LogP contribution in [0.25, 0.3) is 0 Å². The lowest BCUT2D eigenvalue weighted by Crippen LogP contribution is -2.50. The molecule has 4 rings (SSSR count). The highest BCUT2D eigenvalue weighted by molar-refractivity contribution is 5.43.